The molecule has 8 heteroatoms. The molecule has 3 rings (SSSR count). The molecule has 0 saturated heterocycles. The molecule has 106 valence electrons. The van der Waals surface area contributed by atoms with Crippen molar-refractivity contribution in [1.29, 1.82) is 0 Å². The Bertz CT molecular complexity index is 711. The molecule has 0 saturated carbocycles. The minimum atomic E-state index is -0.391. The van der Waals surface area contributed by atoms with E-state index < -0.39 is 5.69 Å². The summed E-state index contributed by atoms with van der Waals surface area (Å²) >= 11 is 0. The third kappa shape index (κ3) is 3.41. The Morgan fingerprint density at radius 2 is 2.24 bits per heavy atom. The van der Waals surface area contributed by atoms with Crippen LogP contribution in [0.25, 0.3) is 5.82 Å². The number of nitrogens with one attached hydrogen (secondary N) is 1. The van der Waals surface area contributed by atoms with Gasteiger partial charge in [-0.1, -0.05) is 0 Å². The third-order valence-electron chi connectivity index (χ3n) is 3.23. The van der Waals surface area contributed by atoms with Crippen molar-refractivity contribution in [2.24, 2.45) is 0 Å². The van der Waals surface area contributed by atoms with Crippen LogP contribution in [-0.2, 0) is 17.6 Å². The normalized spacial score (nSPS) is 11.5. The van der Waals surface area contributed by atoms with E-state index in [1.165, 1.54) is 0 Å². The number of halogens is 1. The number of aromatic amines is 1. The number of hydrogen-bond acceptors (Lipinski definition) is 4. The van der Waals surface area contributed by atoms with Gasteiger partial charge in [-0.05, 0) is 25.8 Å². The van der Waals surface area contributed by atoms with Gasteiger partial charge in [-0.3, -0.25) is 4.98 Å². The fraction of sp³-hybridized carbons (Fsp3) is 0.308. The van der Waals surface area contributed by atoms with Crippen molar-refractivity contribution in [1.82, 2.24) is 14.5 Å². The first-order chi connectivity index (χ1) is 9.20. The van der Waals surface area contributed by atoms with E-state index in [-0.39, 0.29) is 59.5 Å². The Kier molecular flexibility index (Phi) is 6.64. The number of H-pyrrole nitrogens is 1. The van der Waals surface area contributed by atoms with Gasteiger partial charge >= 0.3 is 41.2 Å². The topological polar surface area (TPSA) is 77.0 Å². The van der Waals surface area contributed by atoms with Crippen LogP contribution >= 0.6 is 0 Å². The van der Waals surface area contributed by atoms with Gasteiger partial charge in [-0.2, -0.15) is 0 Å². The smallest absolute Gasteiger partial charge is 1.00 e. The molecule has 0 spiro atoms. The van der Waals surface area contributed by atoms with E-state index >= 15 is 0 Å². The summed E-state index contributed by atoms with van der Waals surface area (Å²) in [6.07, 6.45) is 4.83. The number of rotatable bonds is 2. The Morgan fingerprint density at radius 3 is 2.95 bits per heavy atom. The van der Waals surface area contributed by atoms with Crippen LogP contribution in [0, 0.1) is 0 Å². The Labute approximate surface area is 160 Å². The van der Waals surface area contributed by atoms with Gasteiger partial charge in [-0.25, -0.2) is 14.6 Å². The molecule has 6 nitrogen and oxygen atoms in total. The predicted molar refractivity (Wildman–Crippen MR) is 67.5 cm³/mol. The van der Waals surface area contributed by atoms with Crippen molar-refractivity contribution < 1.29 is 63.1 Å². The number of nitrogens with zero attached hydrogens (tertiary/aromatic N) is 2. The van der Waals surface area contributed by atoms with Crippen LogP contribution in [0.3, 0.4) is 0 Å². The first-order valence-electron chi connectivity index (χ1n) is 6.16. The van der Waals surface area contributed by atoms with Crippen LogP contribution in [0.2, 0.25) is 0 Å². The van der Waals surface area contributed by atoms with E-state index in [1.54, 1.807) is 25.4 Å². The van der Waals surface area contributed by atoms with Crippen molar-refractivity contribution in [3.8, 4) is 5.82 Å². The summed E-state index contributed by atoms with van der Waals surface area (Å²) in [4.78, 5) is 29.6. The summed E-state index contributed by atoms with van der Waals surface area (Å²) in [6.45, 7) is 2.12. The van der Waals surface area contributed by atoms with Gasteiger partial charge in [0.25, 0.3) is 0 Å². The summed E-state index contributed by atoms with van der Waals surface area (Å²) < 4.78 is 6.86. The van der Waals surface area contributed by atoms with Crippen molar-refractivity contribution in [3.05, 3.63) is 45.8 Å². The molecular formula is C13H13IN3NaO3. The molecule has 0 aromatic carbocycles. The molecule has 0 bridgehead atoms. The maximum Gasteiger partial charge on any atom is 1.00 e. The number of aromatic nitrogens is 3. The Balaban J connectivity index is 0.00000110. The summed E-state index contributed by atoms with van der Waals surface area (Å²) in [5.74, 6) is 0.368. The van der Waals surface area contributed by atoms with Gasteiger partial charge in [-0.15, -0.1) is 0 Å². The SMILES string of the molecule is CCOC(=O)c1ccn2c1CCc1cnc(=O)[nH]c1-2.[I-].[Na+]. The van der Waals surface area contributed by atoms with E-state index in [9.17, 15) is 9.59 Å². The molecule has 0 amide bonds. The average Bonchev–Trinajstić information content (AvgIpc) is 2.83. The van der Waals surface area contributed by atoms with Crippen molar-refractivity contribution in [2.75, 3.05) is 6.61 Å². The molecule has 0 fully saturated rings. The number of fused-ring (bicyclic) bond motifs is 3. The molecule has 2 aromatic heterocycles. The molecule has 0 atom stereocenters. The minimum absolute atomic E-state index is 0. The predicted octanol–water partition coefficient (Wildman–Crippen LogP) is -5.16. The van der Waals surface area contributed by atoms with Crippen molar-refractivity contribution in [3.63, 3.8) is 0 Å². The third-order valence-corrected chi connectivity index (χ3v) is 3.23. The monoisotopic (exact) mass is 409 g/mol. The maximum atomic E-state index is 11.8. The summed E-state index contributed by atoms with van der Waals surface area (Å²) in [6, 6.07) is 1.72. The van der Waals surface area contributed by atoms with E-state index in [2.05, 4.69) is 9.97 Å². The van der Waals surface area contributed by atoms with Crippen LogP contribution in [0.15, 0.2) is 23.3 Å². The van der Waals surface area contributed by atoms with Crippen LogP contribution in [0.1, 0.15) is 28.5 Å². The number of aryl methyl sites for hydroxylation is 1. The van der Waals surface area contributed by atoms with Crippen molar-refractivity contribution in [2.45, 2.75) is 19.8 Å². The van der Waals surface area contributed by atoms with E-state index in [1.807, 2.05) is 4.57 Å². The molecule has 1 aliphatic rings. The second kappa shape index (κ2) is 7.57. The summed E-state index contributed by atoms with van der Waals surface area (Å²) in [5, 5.41) is 0. The van der Waals surface area contributed by atoms with Crippen LogP contribution in [-0.4, -0.2) is 27.1 Å². The van der Waals surface area contributed by atoms with E-state index in [0.29, 0.717) is 18.0 Å². The molecule has 21 heavy (non-hydrogen) atoms. The number of esters is 1. The van der Waals surface area contributed by atoms with Crippen molar-refractivity contribution >= 4 is 5.97 Å². The van der Waals surface area contributed by atoms with Crippen LogP contribution in [0.5, 0.6) is 0 Å². The maximum absolute atomic E-state index is 11.8. The molecule has 0 unspecified atom stereocenters. The number of carbonyl (C=O) groups is 1. The first kappa shape index (κ1) is 18.4. The molecule has 0 radical (unpaired) electrons. The average molecular weight is 409 g/mol. The zero-order valence-corrected chi connectivity index (χ0v) is 16.0. The summed E-state index contributed by atoms with van der Waals surface area (Å²) in [7, 11) is 0. The second-order valence-corrected chi connectivity index (χ2v) is 4.33. The van der Waals surface area contributed by atoms with E-state index in [0.717, 1.165) is 24.1 Å². The summed E-state index contributed by atoms with van der Waals surface area (Å²) in [5.41, 5.74) is 2.01. The van der Waals surface area contributed by atoms with E-state index in [4.69, 9.17) is 4.74 Å². The van der Waals surface area contributed by atoms with Gasteiger partial charge < -0.3 is 33.3 Å². The fourth-order valence-electron chi connectivity index (χ4n) is 2.39. The zero-order valence-electron chi connectivity index (χ0n) is 11.9. The van der Waals surface area contributed by atoms with Gasteiger partial charge in [0.15, 0.2) is 0 Å². The Morgan fingerprint density at radius 1 is 1.48 bits per heavy atom. The number of ether oxygens (including phenoxy) is 1. The fourth-order valence-corrected chi connectivity index (χ4v) is 2.39. The van der Waals surface area contributed by atoms with Crippen LogP contribution in [0.4, 0.5) is 0 Å². The molecule has 2 aromatic rings. The molecule has 3 heterocycles. The standard InChI is InChI=1S/C13H13N3O3.HI.Na/c1-2-19-12(17)9-5-6-16-10(9)4-3-8-7-14-13(18)15-11(8)16;;/h5-7H,2-4H2,1H3,(H,14,15,18);1H;/q;;+1/p-1. The van der Waals surface area contributed by atoms with Crippen LogP contribution < -0.4 is 59.2 Å². The van der Waals surface area contributed by atoms with Gasteiger partial charge in [0, 0.05) is 23.7 Å². The number of carbonyl (C=O) groups excluding carboxylic acids is 1. The second-order valence-electron chi connectivity index (χ2n) is 4.33. The molecule has 0 aliphatic carbocycles. The number of hydrogen-bond donors (Lipinski definition) is 1. The minimum Gasteiger partial charge on any atom is -1.00 e. The molecule has 1 aliphatic heterocycles. The quantitative estimate of drug-likeness (QED) is 0.306. The van der Waals surface area contributed by atoms with Gasteiger partial charge in [0.1, 0.15) is 5.82 Å². The van der Waals surface area contributed by atoms with Gasteiger partial charge in [0.2, 0.25) is 0 Å². The van der Waals surface area contributed by atoms with Gasteiger partial charge in [0.05, 0.1) is 12.2 Å². The molecular weight excluding hydrogens is 396 g/mol. The molecule has 1 N–H and O–H groups in total. The first-order valence-corrected chi connectivity index (χ1v) is 6.16. The Hall–Kier alpha value is -0.640. The largest absolute Gasteiger partial charge is 1.00 e. The zero-order chi connectivity index (χ0) is 13.4.